The third-order valence-corrected chi connectivity index (χ3v) is 3.31. The van der Waals surface area contributed by atoms with Gasteiger partial charge in [0.1, 0.15) is 0 Å². The van der Waals surface area contributed by atoms with Gasteiger partial charge in [-0.3, -0.25) is 4.79 Å². The number of carbonyl (C=O) groups is 1. The van der Waals surface area contributed by atoms with Crippen molar-refractivity contribution in [3.63, 3.8) is 0 Å². The number of alkyl halides is 2. The van der Waals surface area contributed by atoms with Crippen LogP contribution in [0.4, 0.5) is 14.7 Å². The molecule has 0 radical (unpaired) electrons. The van der Waals surface area contributed by atoms with Crippen LogP contribution in [0.25, 0.3) is 0 Å². The highest BCUT2D eigenvalue weighted by Gasteiger charge is 2.27. The summed E-state index contributed by atoms with van der Waals surface area (Å²) in [7, 11) is 0. The molecule has 1 aliphatic rings. The number of hydrogen-bond acceptors (Lipinski definition) is 4. The van der Waals surface area contributed by atoms with E-state index in [1.807, 2.05) is 4.90 Å². The number of nitrogens with zero attached hydrogens (tertiary/aromatic N) is 3. The van der Waals surface area contributed by atoms with E-state index in [2.05, 4.69) is 15.3 Å². The molecule has 20 heavy (non-hydrogen) atoms. The van der Waals surface area contributed by atoms with Gasteiger partial charge in [-0.05, 0) is 12.8 Å². The molecule has 0 saturated carbocycles. The number of aromatic nitrogens is 2. The Kier molecular flexibility index (Phi) is 5.05. The summed E-state index contributed by atoms with van der Waals surface area (Å²) in [6, 6.07) is 0. The summed E-state index contributed by atoms with van der Waals surface area (Å²) >= 11 is 5.72. The summed E-state index contributed by atoms with van der Waals surface area (Å²) in [5, 5.41) is 2.70. The SMILES string of the molecule is O=C(NCC(F)F)C1CCCN(c2ncc(Cl)cn2)C1. The van der Waals surface area contributed by atoms with E-state index < -0.39 is 13.0 Å². The minimum Gasteiger partial charge on any atom is -0.350 e. The van der Waals surface area contributed by atoms with Gasteiger partial charge in [-0.1, -0.05) is 11.6 Å². The zero-order chi connectivity index (χ0) is 14.5. The van der Waals surface area contributed by atoms with Gasteiger partial charge in [0.25, 0.3) is 6.43 Å². The summed E-state index contributed by atoms with van der Waals surface area (Å²) in [6.07, 6.45) is 1.92. The van der Waals surface area contributed by atoms with E-state index in [0.29, 0.717) is 23.9 Å². The second-order valence-corrected chi connectivity index (χ2v) is 5.06. The monoisotopic (exact) mass is 304 g/mol. The highest BCUT2D eigenvalue weighted by molar-refractivity contribution is 6.30. The predicted octanol–water partition coefficient (Wildman–Crippen LogP) is 1.73. The second-order valence-electron chi connectivity index (χ2n) is 4.62. The molecule has 1 N–H and O–H groups in total. The van der Waals surface area contributed by atoms with Crippen LogP contribution in [0, 0.1) is 5.92 Å². The molecule has 1 aromatic heterocycles. The van der Waals surface area contributed by atoms with Gasteiger partial charge < -0.3 is 10.2 Å². The maximum absolute atomic E-state index is 12.1. The van der Waals surface area contributed by atoms with E-state index in [4.69, 9.17) is 11.6 Å². The fraction of sp³-hybridized carbons (Fsp3) is 0.583. The maximum atomic E-state index is 12.1. The lowest BCUT2D eigenvalue weighted by Crippen LogP contribution is -2.44. The molecular formula is C12H15ClF2N4O. The van der Waals surface area contributed by atoms with E-state index in [-0.39, 0.29) is 11.8 Å². The lowest BCUT2D eigenvalue weighted by molar-refractivity contribution is -0.125. The van der Waals surface area contributed by atoms with Crippen LogP contribution in [0.2, 0.25) is 5.02 Å². The molecule has 110 valence electrons. The molecule has 1 saturated heterocycles. The smallest absolute Gasteiger partial charge is 0.255 e. The molecule has 2 heterocycles. The molecule has 1 amide bonds. The van der Waals surface area contributed by atoms with Crippen molar-refractivity contribution in [1.82, 2.24) is 15.3 Å². The van der Waals surface area contributed by atoms with Crippen LogP contribution in [0.1, 0.15) is 12.8 Å². The van der Waals surface area contributed by atoms with Crippen LogP contribution >= 0.6 is 11.6 Å². The Morgan fingerprint density at radius 2 is 2.20 bits per heavy atom. The summed E-state index contributed by atoms with van der Waals surface area (Å²) in [4.78, 5) is 21.9. The van der Waals surface area contributed by atoms with E-state index in [9.17, 15) is 13.6 Å². The minimum absolute atomic E-state index is 0.318. The third kappa shape index (κ3) is 4.00. The number of piperidine rings is 1. The van der Waals surface area contributed by atoms with Gasteiger partial charge in [-0.25, -0.2) is 18.7 Å². The van der Waals surface area contributed by atoms with Crippen LogP contribution in [-0.4, -0.2) is 41.9 Å². The number of rotatable bonds is 4. The van der Waals surface area contributed by atoms with Crippen molar-refractivity contribution in [3.05, 3.63) is 17.4 Å². The lowest BCUT2D eigenvalue weighted by Gasteiger charge is -2.31. The number of nitrogens with one attached hydrogen (secondary N) is 1. The van der Waals surface area contributed by atoms with Crippen molar-refractivity contribution in [2.24, 2.45) is 5.92 Å². The minimum atomic E-state index is -2.53. The van der Waals surface area contributed by atoms with Crippen molar-refractivity contribution in [1.29, 1.82) is 0 Å². The maximum Gasteiger partial charge on any atom is 0.255 e. The van der Waals surface area contributed by atoms with Gasteiger partial charge in [-0.15, -0.1) is 0 Å². The Hall–Kier alpha value is -1.50. The van der Waals surface area contributed by atoms with Gasteiger partial charge in [0, 0.05) is 13.1 Å². The predicted molar refractivity (Wildman–Crippen MR) is 71.0 cm³/mol. The molecule has 0 spiro atoms. The second kappa shape index (κ2) is 6.78. The van der Waals surface area contributed by atoms with Crippen molar-refractivity contribution >= 4 is 23.5 Å². The van der Waals surface area contributed by atoms with Crippen LogP contribution in [0.15, 0.2) is 12.4 Å². The van der Waals surface area contributed by atoms with Gasteiger partial charge in [-0.2, -0.15) is 0 Å². The first-order valence-corrected chi connectivity index (χ1v) is 6.72. The normalized spacial score (nSPS) is 19.2. The number of amides is 1. The first kappa shape index (κ1) is 14.9. The molecule has 0 aliphatic carbocycles. The Bertz CT molecular complexity index is 457. The Balaban J connectivity index is 1.94. The standard InChI is InChI=1S/C12H15ClF2N4O/c13-9-4-17-12(18-5-9)19-3-1-2-8(7-19)11(20)16-6-10(14)15/h4-5,8,10H,1-3,6-7H2,(H,16,20). The first-order chi connectivity index (χ1) is 9.56. The highest BCUT2D eigenvalue weighted by Crippen LogP contribution is 2.21. The molecule has 5 nitrogen and oxygen atoms in total. The Morgan fingerprint density at radius 3 is 2.85 bits per heavy atom. The quantitative estimate of drug-likeness (QED) is 0.920. The van der Waals surface area contributed by atoms with Crippen LogP contribution in [0.5, 0.6) is 0 Å². The molecule has 1 aliphatic heterocycles. The van der Waals surface area contributed by atoms with Crippen molar-refractivity contribution in [3.8, 4) is 0 Å². The molecule has 2 rings (SSSR count). The summed E-state index contributed by atoms with van der Waals surface area (Å²) in [5.74, 6) is -0.161. The fourth-order valence-electron chi connectivity index (χ4n) is 2.16. The molecule has 0 bridgehead atoms. The Labute approximate surface area is 120 Å². The van der Waals surface area contributed by atoms with Crippen molar-refractivity contribution in [2.75, 3.05) is 24.5 Å². The molecule has 1 atom stereocenters. The molecular weight excluding hydrogens is 290 g/mol. The zero-order valence-corrected chi connectivity index (χ0v) is 11.5. The topological polar surface area (TPSA) is 58.1 Å². The van der Waals surface area contributed by atoms with Crippen LogP contribution in [-0.2, 0) is 4.79 Å². The average molecular weight is 305 g/mol. The van der Waals surface area contributed by atoms with E-state index >= 15 is 0 Å². The zero-order valence-electron chi connectivity index (χ0n) is 10.7. The molecule has 1 unspecified atom stereocenters. The highest BCUT2D eigenvalue weighted by atomic mass is 35.5. The molecule has 0 aromatic carbocycles. The molecule has 8 heteroatoms. The van der Waals surface area contributed by atoms with Crippen molar-refractivity contribution in [2.45, 2.75) is 19.3 Å². The molecule has 1 aromatic rings. The fourth-order valence-corrected chi connectivity index (χ4v) is 2.26. The lowest BCUT2D eigenvalue weighted by atomic mass is 9.97. The largest absolute Gasteiger partial charge is 0.350 e. The summed E-state index contributed by atoms with van der Waals surface area (Å²) < 4.78 is 24.2. The van der Waals surface area contributed by atoms with Gasteiger partial charge in [0.2, 0.25) is 11.9 Å². The van der Waals surface area contributed by atoms with E-state index in [0.717, 1.165) is 13.0 Å². The van der Waals surface area contributed by atoms with Crippen molar-refractivity contribution < 1.29 is 13.6 Å². The number of halogens is 3. The third-order valence-electron chi connectivity index (χ3n) is 3.11. The van der Waals surface area contributed by atoms with Crippen LogP contribution in [0.3, 0.4) is 0 Å². The number of hydrogen-bond donors (Lipinski definition) is 1. The van der Waals surface area contributed by atoms with Gasteiger partial charge in [0.15, 0.2) is 0 Å². The van der Waals surface area contributed by atoms with Gasteiger partial charge >= 0.3 is 0 Å². The number of carbonyl (C=O) groups excluding carboxylic acids is 1. The molecule has 1 fully saturated rings. The Morgan fingerprint density at radius 1 is 1.50 bits per heavy atom. The summed E-state index contributed by atoms with van der Waals surface area (Å²) in [5.41, 5.74) is 0. The summed E-state index contributed by atoms with van der Waals surface area (Å²) in [6.45, 7) is 0.559. The van der Waals surface area contributed by atoms with E-state index in [1.165, 1.54) is 12.4 Å². The average Bonchev–Trinajstić information content (AvgIpc) is 2.45. The van der Waals surface area contributed by atoms with Gasteiger partial charge in [0.05, 0.1) is 29.9 Å². The van der Waals surface area contributed by atoms with E-state index in [1.54, 1.807) is 0 Å². The first-order valence-electron chi connectivity index (χ1n) is 6.34. The number of anilines is 1. The van der Waals surface area contributed by atoms with Crippen LogP contribution < -0.4 is 10.2 Å².